The molecule has 0 radical (unpaired) electrons. The standard InChI is InChI=1S/C27H33N5O4/c1-19-24(34-2)8-7-20(26(19)35-3)16-30-11-9-23-22(18-30)25(27(33)31-12-14-36-15-13-31)29-32(23)17-21-6-4-5-10-28-21/h4-8,10H,9,11-18H2,1-3H3. The van der Waals surface area contributed by atoms with Crippen molar-refractivity contribution in [3.8, 4) is 11.5 Å². The molecule has 190 valence electrons. The van der Waals surface area contributed by atoms with Crippen molar-refractivity contribution in [2.24, 2.45) is 0 Å². The number of benzene rings is 1. The van der Waals surface area contributed by atoms with Crippen LogP contribution in [0.4, 0.5) is 0 Å². The zero-order chi connectivity index (χ0) is 25.1. The molecule has 3 aromatic rings. The second-order valence-corrected chi connectivity index (χ2v) is 9.20. The van der Waals surface area contributed by atoms with Gasteiger partial charge in [0.1, 0.15) is 11.5 Å². The van der Waals surface area contributed by atoms with Crippen LogP contribution in [0.25, 0.3) is 0 Å². The van der Waals surface area contributed by atoms with Gasteiger partial charge in [-0.1, -0.05) is 12.1 Å². The zero-order valence-corrected chi connectivity index (χ0v) is 21.2. The molecule has 0 atom stereocenters. The summed E-state index contributed by atoms with van der Waals surface area (Å²) in [5.41, 5.74) is 5.69. The van der Waals surface area contributed by atoms with Gasteiger partial charge in [-0.15, -0.1) is 0 Å². The Morgan fingerprint density at radius 1 is 1.06 bits per heavy atom. The summed E-state index contributed by atoms with van der Waals surface area (Å²) in [6.07, 6.45) is 2.60. The molecule has 2 aliphatic rings. The summed E-state index contributed by atoms with van der Waals surface area (Å²) in [5.74, 6) is 1.63. The van der Waals surface area contributed by atoms with Crippen LogP contribution >= 0.6 is 0 Å². The molecule has 0 unspecified atom stereocenters. The second kappa shape index (κ2) is 10.7. The van der Waals surface area contributed by atoms with Crippen LogP contribution in [0, 0.1) is 6.92 Å². The van der Waals surface area contributed by atoms with Crippen molar-refractivity contribution in [2.75, 3.05) is 47.1 Å². The van der Waals surface area contributed by atoms with E-state index in [9.17, 15) is 4.79 Å². The molecule has 0 N–H and O–H groups in total. The number of rotatable bonds is 7. The van der Waals surface area contributed by atoms with Crippen molar-refractivity contribution < 1.29 is 19.0 Å². The molecule has 9 nitrogen and oxygen atoms in total. The normalized spacial score (nSPS) is 16.0. The molecule has 2 aliphatic heterocycles. The fourth-order valence-corrected chi connectivity index (χ4v) is 5.15. The van der Waals surface area contributed by atoms with Crippen molar-refractivity contribution in [1.82, 2.24) is 24.6 Å². The first-order valence-corrected chi connectivity index (χ1v) is 12.4. The van der Waals surface area contributed by atoms with Gasteiger partial charge in [-0.3, -0.25) is 19.4 Å². The van der Waals surface area contributed by atoms with Gasteiger partial charge in [0.25, 0.3) is 5.91 Å². The minimum atomic E-state index is -0.0194. The molecule has 0 saturated carbocycles. The molecule has 0 aliphatic carbocycles. The van der Waals surface area contributed by atoms with E-state index in [-0.39, 0.29) is 5.91 Å². The Labute approximate surface area is 211 Å². The molecule has 0 spiro atoms. The third kappa shape index (κ3) is 4.81. The van der Waals surface area contributed by atoms with Crippen LogP contribution in [0.2, 0.25) is 0 Å². The number of methoxy groups -OCH3 is 2. The Bertz CT molecular complexity index is 1220. The molecule has 1 aromatic carbocycles. The number of aromatic nitrogens is 3. The fourth-order valence-electron chi connectivity index (χ4n) is 5.15. The van der Waals surface area contributed by atoms with Gasteiger partial charge in [-0.2, -0.15) is 5.10 Å². The highest BCUT2D eigenvalue weighted by atomic mass is 16.5. The van der Waals surface area contributed by atoms with E-state index in [2.05, 4.69) is 16.0 Å². The highest BCUT2D eigenvalue weighted by molar-refractivity contribution is 5.94. The Morgan fingerprint density at radius 2 is 1.89 bits per heavy atom. The average molecular weight is 492 g/mol. The number of hydrogen-bond acceptors (Lipinski definition) is 7. The van der Waals surface area contributed by atoms with Crippen LogP contribution in [0.1, 0.15) is 38.6 Å². The number of carbonyl (C=O) groups is 1. The van der Waals surface area contributed by atoms with Crippen molar-refractivity contribution in [3.05, 3.63) is 70.3 Å². The van der Waals surface area contributed by atoms with Gasteiger partial charge in [0.2, 0.25) is 0 Å². The van der Waals surface area contributed by atoms with Crippen molar-refractivity contribution in [3.63, 3.8) is 0 Å². The maximum absolute atomic E-state index is 13.5. The lowest BCUT2D eigenvalue weighted by atomic mass is 10.0. The van der Waals surface area contributed by atoms with Crippen LogP contribution in [0.5, 0.6) is 11.5 Å². The monoisotopic (exact) mass is 491 g/mol. The van der Waals surface area contributed by atoms with Gasteiger partial charge in [0, 0.05) is 67.7 Å². The van der Waals surface area contributed by atoms with Gasteiger partial charge < -0.3 is 19.1 Å². The maximum atomic E-state index is 13.5. The summed E-state index contributed by atoms with van der Waals surface area (Å²) in [6, 6.07) is 9.92. The van der Waals surface area contributed by atoms with E-state index in [0.717, 1.165) is 52.5 Å². The Morgan fingerprint density at radius 3 is 2.61 bits per heavy atom. The van der Waals surface area contributed by atoms with Gasteiger partial charge in [-0.05, 0) is 25.1 Å². The van der Waals surface area contributed by atoms with Crippen molar-refractivity contribution in [1.29, 1.82) is 0 Å². The molecule has 0 bridgehead atoms. The number of morpholine rings is 1. The van der Waals surface area contributed by atoms with Crippen LogP contribution in [0.15, 0.2) is 36.5 Å². The van der Waals surface area contributed by atoms with E-state index < -0.39 is 0 Å². The Balaban J connectivity index is 1.44. The van der Waals surface area contributed by atoms with Gasteiger partial charge in [-0.25, -0.2) is 0 Å². The van der Waals surface area contributed by atoms with E-state index in [0.29, 0.717) is 51.6 Å². The topological polar surface area (TPSA) is 82.0 Å². The number of carbonyl (C=O) groups excluding carboxylic acids is 1. The molecule has 5 rings (SSSR count). The Hall–Kier alpha value is -3.43. The minimum Gasteiger partial charge on any atom is -0.496 e. The number of hydrogen-bond donors (Lipinski definition) is 0. The first-order valence-electron chi connectivity index (χ1n) is 12.4. The van der Waals surface area contributed by atoms with E-state index in [1.807, 2.05) is 40.8 Å². The summed E-state index contributed by atoms with van der Waals surface area (Å²) in [6.45, 7) is 7.08. The van der Waals surface area contributed by atoms with Crippen LogP contribution in [-0.2, 0) is 30.8 Å². The van der Waals surface area contributed by atoms with E-state index in [4.69, 9.17) is 19.3 Å². The van der Waals surface area contributed by atoms with Crippen molar-refractivity contribution >= 4 is 5.91 Å². The van der Waals surface area contributed by atoms with Crippen LogP contribution in [0.3, 0.4) is 0 Å². The van der Waals surface area contributed by atoms with Gasteiger partial charge in [0.15, 0.2) is 5.69 Å². The molecule has 2 aromatic heterocycles. The number of fused-ring (bicyclic) bond motifs is 1. The molecule has 9 heteroatoms. The quantitative estimate of drug-likeness (QED) is 0.503. The lowest BCUT2D eigenvalue weighted by Crippen LogP contribution is -2.41. The number of ether oxygens (including phenoxy) is 3. The summed E-state index contributed by atoms with van der Waals surface area (Å²) in [4.78, 5) is 22.2. The molecular formula is C27H33N5O4. The number of nitrogens with zero attached hydrogens (tertiary/aromatic N) is 5. The average Bonchev–Trinajstić information content (AvgIpc) is 3.27. The molecule has 4 heterocycles. The first-order chi connectivity index (χ1) is 17.6. The predicted octanol–water partition coefficient (Wildman–Crippen LogP) is 2.68. The molecular weight excluding hydrogens is 458 g/mol. The number of pyridine rings is 1. The fraction of sp³-hybridized carbons (Fsp3) is 0.444. The summed E-state index contributed by atoms with van der Waals surface area (Å²) >= 11 is 0. The van der Waals surface area contributed by atoms with E-state index >= 15 is 0 Å². The summed E-state index contributed by atoms with van der Waals surface area (Å²) in [7, 11) is 3.36. The molecule has 1 saturated heterocycles. The van der Waals surface area contributed by atoms with E-state index in [1.54, 1.807) is 20.4 Å². The van der Waals surface area contributed by atoms with E-state index in [1.165, 1.54) is 0 Å². The predicted molar refractivity (Wildman–Crippen MR) is 134 cm³/mol. The highest BCUT2D eigenvalue weighted by Gasteiger charge is 2.31. The maximum Gasteiger partial charge on any atom is 0.274 e. The highest BCUT2D eigenvalue weighted by Crippen LogP contribution is 2.33. The first kappa shape index (κ1) is 24.3. The third-order valence-corrected chi connectivity index (χ3v) is 7.01. The largest absolute Gasteiger partial charge is 0.496 e. The zero-order valence-electron chi connectivity index (χ0n) is 21.2. The van der Waals surface area contributed by atoms with Gasteiger partial charge in [0.05, 0.1) is 39.7 Å². The van der Waals surface area contributed by atoms with Gasteiger partial charge >= 0.3 is 0 Å². The lowest BCUT2D eigenvalue weighted by Gasteiger charge is -2.30. The molecule has 36 heavy (non-hydrogen) atoms. The molecule has 1 amide bonds. The van der Waals surface area contributed by atoms with Crippen LogP contribution < -0.4 is 9.47 Å². The third-order valence-electron chi connectivity index (χ3n) is 7.01. The second-order valence-electron chi connectivity index (χ2n) is 9.20. The van der Waals surface area contributed by atoms with Crippen LogP contribution in [-0.4, -0.2) is 77.5 Å². The van der Waals surface area contributed by atoms with Crippen molar-refractivity contribution in [2.45, 2.75) is 33.0 Å². The lowest BCUT2D eigenvalue weighted by molar-refractivity contribution is 0.0297. The smallest absolute Gasteiger partial charge is 0.274 e. The molecule has 1 fully saturated rings. The SMILES string of the molecule is COc1ccc(CN2CCc3c(c(C(=O)N4CCOCC4)nn3Cc3ccccn3)C2)c(OC)c1C. The number of amides is 1. The Kier molecular flexibility index (Phi) is 7.20. The summed E-state index contributed by atoms with van der Waals surface area (Å²) < 4.78 is 18.6. The minimum absolute atomic E-state index is 0.0194. The summed E-state index contributed by atoms with van der Waals surface area (Å²) in [5, 5.41) is 4.85.